The van der Waals surface area contributed by atoms with Crippen LogP contribution in [0.15, 0.2) is 23.1 Å². The number of hydrogen-bond donors (Lipinski definition) is 0. The molecule has 0 aliphatic rings. The first-order chi connectivity index (χ1) is 4.18. The lowest BCUT2D eigenvalue weighted by Crippen LogP contribution is -2.19. The first kappa shape index (κ1) is 8.14. The summed E-state index contributed by atoms with van der Waals surface area (Å²) in [7, 11) is 1.87. The summed E-state index contributed by atoms with van der Waals surface area (Å²) in [5.74, 6) is 0. The van der Waals surface area contributed by atoms with E-state index in [-0.39, 0.29) is 0 Å². The SMILES string of the molecule is C=CN=NN(C)C(C)C. The Hall–Kier alpha value is -0.860. The molecular weight excluding hydrogens is 114 g/mol. The van der Waals surface area contributed by atoms with Gasteiger partial charge in [-0.3, -0.25) is 5.01 Å². The topological polar surface area (TPSA) is 28.0 Å². The first-order valence-electron chi connectivity index (χ1n) is 2.93. The number of rotatable bonds is 3. The van der Waals surface area contributed by atoms with E-state index in [0.717, 1.165) is 0 Å². The van der Waals surface area contributed by atoms with Crippen molar-refractivity contribution >= 4 is 0 Å². The Morgan fingerprint density at radius 1 is 1.56 bits per heavy atom. The molecule has 0 unspecified atom stereocenters. The number of hydrogen-bond acceptors (Lipinski definition) is 2. The molecule has 0 aromatic heterocycles. The van der Waals surface area contributed by atoms with Crippen LogP contribution >= 0.6 is 0 Å². The summed E-state index contributed by atoms with van der Waals surface area (Å²) in [6.45, 7) is 7.49. The van der Waals surface area contributed by atoms with Crippen molar-refractivity contribution in [2.45, 2.75) is 19.9 Å². The van der Waals surface area contributed by atoms with Gasteiger partial charge in [0.05, 0.1) is 0 Å². The summed E-state index contributed by atoms with van der Waals surface area (Å²) in [5, 5.41) is 9.16. The smallest absolute Gasteiger partial charge is 0.0441 e. The minimum atomic E-state index is 0.397. The highest BCUT2D eigenvalue weighted by Gasteiger charge is 1.95. The fourth-order valence-electron chi connectivity index (χ4n) is 0.221. The second-order valence-corrected chi connectivity index (χ2v) is 2.05. The zero-order chi connectivity index (χ0) is 7.28. The molecule has 52 valence electrons. The van der Waals surface area contributed by atoms with Gasteiger partial charge in [-0.05, 0) is 13.8 Å². The summed E-state index contributed by atoms with van der Waals surface area (Å²) in [4.78, 5) is 0. The molecule has 0 heterocycles. The summed E-state index contributed by atoms with van der Waals surface area (Å²) >= 11 is 0. The van der Waals surface area contributed by atoms with Gasteiger partial charge in [0.2, 0.25) is 0 Å². The molecule has 0 rings (SSSR count). The van der Waals surface area contributed by atoms with E-state index in [9.17, 15) is 0 Å². The molecule has 3 heteroatoms. The molecule has 0 spiro atoms. The van der Waals surface area contributed by atoms with Gasteiger partial charge in [0.15, 0.2) is 0 Å². The van der Waals surface area contributed by atoms with Gasteiger partial charge in [0.25, 0.3) is 0 Å². The van der Waals surface area contributed by atoms with Crippen LogP contribution in [0, 0.1) is 0 Å². The molecule has 0 saturated carbocycles. The van der Waals surface area contributed by atoms with E-state index in [0.29, 0.717) is 6.04 Å². The number of nitrogens with zero attached hydrogens (tertiary/aromatic N) is 3. The molecule has 0 fully saturated rings. The van der Waals surface area contributed by atoms with Crippen molar-refractivity contribution in [3.8, 4) is 0 Å². The molecule has 0 aromatic carbocycles. The van der Waals surface area contributed by atoms with Crippen LogP contribution in [0.5, 0.6) is 0 Å². The van der Waals surface area contributed by atoms with Crippen LogP contribution in [-0.4, -0.2) is 18.1 Å². The Balaban J connectivity index is 3.61. The van der Waals surface area contributed by atoms with Crippen LogP contribution in [0.2, 0.25) is 0 Å². The van der Waals surface area contributed by atoms with E-state index in [1.165, 1.54) is 6.20 Å². The third kappa shape index (κ3) is 3.70. The van der Waals surface area contributed by atoms with Crippen molar-refractivity contribution in [1.29, 1.82) is 0 Å². The fraction of sp³-hybridized carbons (Fsp3) is 0.667. The Morgan fingerprint density at radius 2 is 2.11 bits per heavy atom. The largest absolute Gasteiger partial charge is 0.279 e. The van der Waals surface area contributed by atoms with Crippen LogP contribution in [0.3, 0.4) is 0 Å². The average Bonchev–Trinajstić information content (AvgIpc) is 1.82. The van der Waals surface area contributed by atoms with Gasteiger partial charge in [-0.25, -0.2) is 0 Å². The van der Waals surface area contributed by atoms with Gasteiger partial charge >= 0.3 is 0 Å². The molecule has 0 atom stereocenters. The third-order valence-corrected chi connectivity index (χ3v) is 1.02. The van der Waals surface area contributed by atoms with Crippen LogP contribution in [0.1, 0.15) is 13.8 Å². The molecule has 0 saturated heterocycles. The summed E-state index contributed by atoms with van der Waals surface area (Å²) < 4.78 is 0. The fourth-order valence-corrected chi connectivity index (χ4v) is 0.221. The molecule has 9 heavy (non-hydrogen) atoms. The summed E-state index contributed by atoms with van der Waals surface area (Å²) in [5.41, 5.74) is 0. The zero-order valence-electron chi connectivity index (χ0n) is 6.20. The van der Waals surface area contributed by atoms with Gasteiger partial charge in [-0.1, -0.05) is 11.8 Å². The normalized spacial score (nSPS) is 10.7. The Bertz CT molecular complexity index is 107. The van der Waals surface area contributed by atoms with Crippen molar-refractivity contribution in [2.75, 3.05) is 7.05 Å². The van der Waals surface area contributed by atoms with E-state index in [2.05, 4.69) is 16.9 Å². The highest BCUT2D eigenvalue weighted by molar-refractivity contribution is 4.57. The summed E-state index contributed by atoms with van der Waals surface area (Å²) in [6, 6.07) is 0.397. The van der Waals surface area contributed by atoms with Crippen LogP contribution in [0.4, 0.5) is 0 Å². The van der Waals surface area contributed by atoms with Crippen molar-refractivity contribution in [3.05, 3.63) is 12.8 Å². The maximum Gasteiger partial charge on any atom is 0.0441 e. The van der Waals surface area contributed by atoms with Crippen LogP contribution in [0.25, 0.3) is 0 Å². The lowest BCUT2D eigenvalue weighted by Gasteiger charge is -2.14. The van der Waals surface area contributed by atoms with Crippen molar-refractivity contribution < 1.29 is 0 Å². The second-order valence-electron chi connectivity index (χ2n) is 2.05. The molecular formula is C6H13N3. The van der Waals surface area contributed by atoms with E-state index in [4.69, 9.17) is 0 Å². The van der Waals surface area contributed by atoms with Gasteiger partial charge in [-0.15, -0.1) is 5.11 Å². The van der Waals surface area contributed by atoms with E-state index in [1.54, 1.807) is 5.01 Å². The highest BCUT2D eigenvalue weighted by Crippen LogP contribution is 1.93. The molecule has 0 aromatic rings. The van der Waals surface area contributed by atoms with E-state index < -0.39 is 0 Å². The average molecular weight is 127 g/mol. The molecule has 0 aliphatic heterocycles. The molecule has 0 aliphatic carbocycles. The van der Waals surface area contributed by atoms with E-state index >= 15 is 0 Å². The lowest BCUT2D eigenvalue weighted by molar-refractivity contribution is 0.270. The predicted molar refractivity (Wildman–Crippen MR) is 38.0 cm³/mol. The minimum Gasteiger partial charge on any atom is -0.279 e. The predicted octanol–water partition coefficient (Wildman–Crippen LogP) is 1.84. The zero-order valence-corrected chi connectivity index (χ0v) is 6.20. The third-order valence-electron chi connectivity index (χ3n) is 1.02. The Morgan fingerprint density at radius 3 is 2.44 bits per heavy atom. The van der Waals surface area contributed by atoms with Gasteiger partial charge in [-0.2, -0.15) is 0 Å². The standard InChI is InChI=1S/C6H13N3/c1-5-7-8-9(4)6(2)3/h5-6H,1H2,2-4H3. The van der Waals surface area contributed by atoms with Crippen LogP contribution < -0.4 is 0 Å². The molecule has 0 amide bonds. The minimum absolute atomic E-state index is 0.397. The Kier molecular flexibility index (Phi) is 3.67. The second kappa shape index (κ2) is 4.06. The summed E-state index contributed by atoms with van der Waals surface area (Å²) in [6.07, 6.45) is 1.42. The molecule has 0 bridgehead atoms. The maximum atomic E-state index is 3.78. The van der Waals surface area contributed by atoms with Crippen molar-refractivity contribution in [1.82, 2.24) is 5.01 Å². The molecule has 3 nitrogen and oxygen atoms in total. The quantitative estimate of drug-likeness (QED) is 0.420. The van der Waals surface area contributed by atoms with Crippen molar-refractivity contribution in [3.63, 3.8) is 0 Å². The van der Waals surface area contributed by atoms with Gasteiger partial charge in [0, 0.05) is 19.3 Å². The molecule has 0 N–H and O–H groups in total. The molecule has 0 radical (unpaired) electrons. The van der Waals surface area contributed by atoms with E-state index in [1.807, 2.05) is 20.9 Å². The first-order valence-corrected chi connectivity index (χ1v) is 2.93. The maximum absolute atomic E-state index is 3.78. The lowest BCUT2D eigenvalue weighted by atomic mass is 10.4. The van der Waals surface area contributed by atoms with Gasteiger partial charge in [0.1, 0.15) is 0 Å². The highest BCUT2D eigenvalue weighted by atomic mass is 15.5. The Labute approximate surface area is 56.1 Å². The van der Waals surface area contributed by atoms with Crippen LogP contribution in [-0.2, 0) is 0 Å². The van der Waals surface area contributed by atoms with Gasteiger partial charge < -0.3 is 0 Å². The van der Waals surface area contributed by atoms with Crippen molar-refractivity contribution in [2.24, 2.45) is 10.3 Å². The monoisotopic (exact) mass is 127 g/mol.